The molecule has 0 radical (unpaired) electrons. The number of alkyl halides is 1. The Morgan fingerprint density at radius 1 is 1.38 bits per heavy atom. The highest BCUT2D eigenvalue weighted by atomic mass is 35.5. The number of halogens is 1. The molecular formula is C11H22ClNO2S. The van der Waals surface area contributed by atoms with Crippen LogP contribution in [0.25, 0.3) is 0 Å². The van der Waals surface area contributed by atoms with Crippen LogP contribution in [0, 0.1) is 5.92 Å². The monoisotopic (exact) mass is 267 g/mol. The standard InChI is InChI=1S/C11H22ClNO2S/c1-10(2)9-16(14,15)13(8-4-7-12)11-5-3-6-11/h10-11H,3-9H2,1-2H3. The van der Waals surface area contributed by atoms with Crippen molar-refractivity contribution in [2.45, 2.75) is 45.6 Å². The van der Waals surface area contributed by atoms with Crippen LogP contribution in [0.5, 0.6) is 0 Å². The van der Waals surface area contributed by atoms with Crippen LogP contribution in [0.2, 0.25) is 0 Å². The van der Waals surface area contributed by atoms with Crippen molar-refractivity contribution in [1.82, 2.24) is 4.31 Å². The summed E-state index contributed by atoms with van der Waals surface area (Å²) in [6, 6.07) is 0.243. The predicted octanol–water partition coefficient (Wildman–Crippen LogP) is 2.46. The molecule has 0 unspecified atom stereocenters. The van der Waals surface area contributed by atoms with Crippen LogP contribution >= 0.6 is 11.6 Å². The molecule has 0 amide bonds. The van der Waals surface area contributed by atoms with Gasteiger partial charge in [0.05, 0.1) is 5.75 Å². The van der Waals surface area contributed by atoms with E-state index < -0.39 is 10.0 Å². The summed E-state index contributed by atoms with van der Waals surface area (Å²) in [5.74, 6) is 0.968. The highest BCUT2D eigenvalue weighted by molar-refractivity contribution is 7.89. The fraction of sp³-hybridized carbons (Fsp3) is 1.00. The van der Waals surface area contributed by atoms with E-state index in [1.165, 1.54) is 0 Å². The summed E-state index contributed by atoms with van der Waals surface area (Å²) in [6.45, 7) is 4.47. The van der Waals surface area contributed by atoms with Gasteiger partial charge >= 0.3 is 0 Å². The Morgan fingerprint density at radius 3 is 2.38 bits per heavy atom. The minimum Gasteiger partial charge on any atom is -0.212 e. The first-order valence-electron chi connectivity index (χ1n) is 6.03. The van der Waals surface area contributed by atoms with E-state index >= 15 is 0 Å². The lowest BCUT2D eigenvalue weighted by atomic mass is 9.93. The van der Waals surface area contributed by atoms with E-state index in [4.69, 9.17) is 11.6 Å². The molecule has 0 N–H and O–H groups in total. The molecule has 1 aliphatic rings. The van der Waals surface area contributed by atoms with Crippen molar-refractivity contribution in [2.75, 3.05) is 18.2 Å². The summed E-state index contributed by atoms with van der Waals surface area (Å²) in [4.78, 5) is 0. The van der Waals surface area contributed by atoms with Gasteiger partial charge in [-0.05, 0) is 25.2 Å². The number of sulfonamides is 1. The predicted molar refractivity (Wildman–Crippen MR) is 68.3 cm³/mol. The van der Waals surface area contributed by atoms with Crippen LogP contribution in [0.3, 0.4) is 0 Å². The molecule has 0 heterocycles. The molecule has 1 rings (SSSR count). The van der Waals surface area contributed by atoms with Gasteiger partial charge in [-0.2, -0.15) is 4.31 Å². The maximum Gasteiger partial charge on any atom is 0.214 e. The van der Waals surface area contributed by atoms with E-state index in [9.17, 15) is 8.42 Å². The van der Waals surface area contributed by atoms with Gasteiger partial charge in [0.15, 0.2) is 0 Å². The molecule has 1 fully saturated rings. The van der Waals surface area contributed by atoms with Crippen LogP contribution < -0.4 is 0 Å². The number of nitrogens with zero attached hydrogens (tertiary/aromatic N) is 1. The summed E-state index contributed by atoms with van der Waals surface area (Å²) < 4.78 is 26.0. The van der Waals surface area contributed by atoms with E-state index in [1.807, 2.05) is 13.8 Å². The van der Waals surface area contributed by atoms with Gasteiger partial charge in [0.25, 0.3) is 0 Å². The van der Waals surface area contributed by atoms with Gasteiger partial charge in [-0.25, -0.2) is 8.42 Å². The van der Waals surface area contributed by atoms with Gasteiger partial charge in [-0.3, -0.25) is 0 Å². The van der Waals surface area contributed by atoms with E-state index in [-0.39, 0.29) is 17.7 Å². The fourth-order valence-electron chi connectivity index (χ4n) is 1.96. The molecule has 5 heteroatoms. The molecule has 0 spiro atoms. The zero-order valence-corrected chi connectivity index (χ0v) is 11.7. The number of hydrogen-bond acceptors (Lipinski definition) is 2. The Morgan fingerprint density at radius 2 is 2.00 bits per heavy atom. The normalized spacial score (nSPS) is 18.1. The largest absolute Gasteiger partial charge is 0.214 e. The van der Waals surface area contributed by atoms with Gasteiger partial charge in [-0.1, -0.05) is 20.3 Å². The fourth-order valence-corrected chi connectivity index (χ4v) is 4.18. The van der Waals surface area contributed by atoms with Crippen molar-refractivity contribution in [3.05, 3.63) is 0 Å². The van der Waals surface area contributed by atoms with E-state index in [2.05, 4.69) is 0 Å². The molecule has 96 valence electrons. The SMILES string of the molecule is CC(C)CS(=O)(=O)N(CCCCl)C1CCC1. The average Bonchev–Trinajstić information content (AvgIpc) is 2.06. The second-order valence-corrected chi connectivity index (χ2v) is 7.25. The third-order valence-electron chi connectivity index (χ3n) is 2.90. The number of hydrogen-bond donors (Lipinski definition) is 0. The summed E-state index contributed by atoms with van der Waals surface area (Å²) in [6.07, 6.45) is 3.92. The highest BCUT2D eigenvalue weighted by Gasteiger charge is 2.33. The first-order chi connectivity index (χ1) is 7.47. The molecule has 1 aliphatic carbocycles. The van der Waals surface area contributed by atoms with Gasteiger partial charge in [0, 0.05) is 18.5 Å². The third kappa shape index (κ3) is 3.90. The molecule has 0 aromatic heterocycles. The second kappa shape index (κ2) is 6.22. The zero-order chi connectivity index (χ0) is 12.2. The smallest absolute Gasteiger partial charge is 0.212 e. The topological polar surface area (TPSA) is 37.4 Å². The summed E-state index contributed by atoms with van der Waals surface area (Å²) in [7, 11) is -3.08. The van der Waals surface area contributed by atoms with E-state index in [1.54, 1.807) is 4.31 Å². The average molecular weight is 268 g/mol. The van der Waals surface area contributed by atoms with Crippen molar-refractivity contribution in [2.24, 2.45) is 5.92 Å². The molecule has 0 saturated heterocycles. The van der Waals surface area contributed by atoms with Crippen LogP contribution in [0.1, 0.15) is 39.5 Å². The Labute approximate surface area is 104 Å². The van der Waals surface area contributed by atoms with Crippen LogP contribution in [-0.2, 0) is 10.0 Å². The Balaban J connectivity index is 2.66. The summed E-state index contributed by atoms with van der Waals surface area (Å²) >= 11 is 5.65. The van der Waals surface area contributed by atoms with Gasteiger partial charge in [0.1, 0.15) is 0 Å². The number of rotatable bonds is 7. The molecule has 1 saturated carbocycles. The first kappa shape index (κ1) is 14.3. The molecule has 0 aromatic carbocycles. The van der Waals surface area contributed by atoms with E-state index in [0.717, 1.165) is 25.7 Å². The lowest BCUT2D eigenvalue weighted by molar-refractivity contribution is 0.219. The van der Waals surface area contributed by atoms with Crippen molar-refractivity contribution >= 4 is 21.6 Å². The lowest BCUT2D eigenvalue weighted by Crippen LogP contribution is -2.46. The van der Waals surface area contributed by atoms with Crippen molar-refractivity contribution < 1.29 is 8.42 Å². The van der Waals surface area contributed by atoms with Crippen LogP contribution in [0.4, 0.5) is 0 Å². The quantitative estimate of drug-likeness (QED) is 0.665. The third-order valence-corrected chi connectivity index (χ3v) is 5.45. The maximum absolute atomic E-state index is 12.2. The molecule has 16 heavy (non-hydrogen) atoms. The molecule has 0 bridgehead atoms. The first-order valence-corrected chi connectivity index (χ1v) is 8.17. The Bertz CT molecular complexity index is 299. The minimum absolute atomic E-state index is 0.184. The highest BCUT2D eigenvalue weighted by Crippen LogP contribution is 2.28. The summed E-state index contributed by atoms with van der Waals surface area (Å²) in [5.41, 5.74) is 0. The molecule has 0 aromatic rings. The molecule has 0 atom stereocenters. The Hall–Kier alpha value is 0.200. The molecule has 3 nitrogen and oxygen atoms in total. The van der Waals surface area contributed by atoms with Gasteiger partial charge in [0.2, 0.25) is 10.0 Å². The van der Waals surface area contributed by atoms with Gasteiger partial charge < -0.3 is 0 Å². The Kier molecular flexibility index (Phi) is 5.54. The van der Waals surface area contributed by atoms with Crippen molar-refractivity contribution in [1.29, 1.82) is 0 Å². The van der Waals surface area contributed by atoms with Crippen molar-refractivity contribution in [3.63, 3.8) is 0 Å². The molecule has 0 aliphatic heterocycles. The van der Waals surface area contributed by atoms with Crippen LogP contribution in [-0.4, -0.2) is 36.9 Å². The lowest BCUT2D eigenvalue weighted by Gasteiger charge is -2.36. The van der Waals surface area contributed by atoms with E-state index in [0.29, 0.717) is 12.4 Å². The minimum atomic E-state index is -3.08. The molecular weight excluding hydrogens is 246 g/mol. The maximum atomic E-state index is 12.2. The van der Waals surface area contributed by atoms with Gasteiger partial charge in [-0.15, -0.1) is 11.6 Å². The summed E-state index contributed by atoms with van der Waals surface area (Å²) in [5, 5.41) is 0. The van der Waals surface area contributed by atoms with Crippen LogP contribution in [0.15, 0.2) is 0 Å². The van der Waals surface area contributed by atoms with Crippen molar-refractivity contribution in [3.8, 4) is 0 Å². The second-order valence-electron chi connectivity index (χ2n) is 4.91. The zero-order valence-electron chi connectivity index (χ0n) is 10.2.